The molecule has 8 rings (SSSR count). The number of carbonyl (C=O) groups excluding carboxylic acids is 2. The van der Waals surface area contributed by atoms with E-state index in [-0.39, 0.29) is 53.3 Å². The number of hydrogen-bond donors (Lipinski definition) is 4. The summed E-state index contributed by atoms with van der Waals surface area (Å²) in [7, 11) is 0. The van der Waals surface area contributed by atoms with Crippen molar-refractivity contribution in [3.63, 3.8) is 0 Å². The van der Waals surface area contributed by atoms with Gasteiger partial charge in [0, 0.05) is 37.6 Å². The van der Waals surface area contributed by atoms with Crippen molar-refractivity contribution in [1.82, 2.24) is 10.6 Å². The summed E-state index contributed by atoms with van der Waals surface area (Å²) in [5, 5.41) is 25.3. The summed E-state index contributed by atoms with van der Waals surface area (Å²) in [6.45, 7) is 8.63. The largest absolute Gasteiger partial charge is 0.493 e. The van der Waals surface area contributed by atoms with E-state index in [9.17, 15) is 29.4 Å². The molecule has 4 aliphatic rings. The number of para-hydroxylation sites is 2. The monoisotopic (exact) mass is 919 g/mol. The molecule has 2 atom stereocenters. The molecule has 67 heavy (non-hydrogen) atoms. The van der Waals surface area contributed by atoms with Crippen LogP contribution in [0, 0.1) is 11.8 Å². The molecular weight excluding hydrogens is 849 g/mol. The van der Waals surface area contributed by atoms with Gasteiger partial charge in [0.1, 0.15) is 22.6 Å². The van der Waals surface area contributed by atoms with Gasteiger partial charge in [-0.3, -0.25) is 9.59 Å². The normalized spacial score (nSPS) is 16.6. The van der Waals surface area contributed by atoms with Crippen molar-refractivity contribution in [1.29, 1.82) is 0 Å². The first-order valence-electron chi connectivity index (χ1n) is 24.3. The Morgan fingerprint density at radius 3 is 1.28 bits per heavy atom. The molecule has 13 nitrogen and oxygen atoms in total. The van der Waals surface area contributed by atoms with Crippen molar-refractivity contribution >= 4 is 35.1 Å². The highest BCUT2D eigenvalue weighted by Gasteiger charge is 2.31. The number of ether oxygens (including phenoxy) is 2. The van der Waals surface area contributed by atoms with Gasteiger partial charge >= 0.3 is 11.9 Å². The maximum absolute atomic E-state index is 13.1. The van der Waals surface area contributed by atoms with Crippen LogP contribution in [0.5, 0.6) is 11.5 Å². The summed E-state index contributed by atoms with van der Waals surface area (Å²) in [5.74, 6) is -0.227. The van der Waals surface area contributed by atoms with Crippen LogP contribution in [-0.2, 0) is 22.4 Å². The number of carbonyl (C=O) groups is 4. The van der Waals surface area contributed by atoms with E-state index in [0.29, 0.717) is 36.5 Å². The minimum absolute atomic E-state index is 0. The molecule has 0 aromatic heterocycles. The third kappa shape index (κ3) is 14.5. The Balaban J connectivity index is 0.000000218. The second kappa shape index (κ2) is 24.6. The third-order valence-electron chi connectivity index (χ3n) is 13.1. The topological polar surface area (TPSA) is 189 Å². The lowest BCUT2D eigenvalue weighted by atomic mass is 9.97. The lowest BCUT2D eigenvalue weighted by molar-refractivity contribution is -0.122. The minimum atomic E-state index is -1.03. The molecule has 2 amide bonds. The Hall–Kier alpha value is -6.08. The van der Waals surface area contributed by atoms with E-state index >= 15 is 0 Å². The SMILES string of the molecule is CCOc1cc(CC(=O)NC(CC2CC2)c2ccccc2N2CCCCC2)ccc1C(=O)O.CCOc1cc(CC(=O)NC(CC2CC2)c2ccccc2N2CCCCC2)ccc1C(=O)O.O. The van der Waals surface area contributed by atoms with Crippen LogP contribution < -0.4 is 29.9 Å². The van der Waals surface area contributed by atoms with Gasteiger partial charge in [0.25, 0.3) is 0 Å². The van der Waals surface area contributed by atoms with E-state index < -0.39 is 11.9 Å². The molecular formula is C54H70N4O9. The summed E-state index contributed by atoms with van der Waals surface area (Å²) in [6.07, 6.45) is 14.6. The van der Waals surface area contributed by atoms with E-state index in [2.05, 4.69) is 69.0 Å². The van der Waals surface area contributed by atoms with Crippen LogP contribution in [0.3, 0.4) is 0 Å². The van der Waals surface area contributed by atoms with Crippen LogP contribution in [0.4, 0.5) is 11.4 Å². The van der Waals surface area contributed by atoms with Crippen LogP contribution in [0.2, 0.25) is 0 Å². The molecule has 0 radical (unpaired) electrons. The molecule has 0 spiro atoms. The highest BCUT2D eigenvalue weighted by molar-refractivity contribution is 5.92. The molecule has 4 aromatic carbocycles. The number of hydrogen-bond acceptors (Lipinski definition) is 8. The molecule has 4 fully saturated rings. The predicted molar refractivity (Wildman–Crippen MR) is 262 cm³/mol. The molecule has 2 saturated heterocycles. The third-order valence-corrected chi connectivity index (χ3v) is 13.1. The van der Waals surface area contributed by atoms with Gasteiger partial charge in [0.05, 0.1) is 38.1 Å². The number of rotatable bonds is 20. The summed E-state index contributed by atoms with van der Waals surface area (Å²) < 4.78 is 11.0. The Kier molecular flexibility index (Phi) is 18.5. The molecule has 4 aromatic rings. The van der Waals surface area contributed by atoms with E-state index in [1.165, 1.54) is 98.8 Å². The van der Waals surface area contributed by atoms with Gasteiger partial charge in [-0.2, -0.15) is 0 Å². The van der Waals surface area contributed by atoms with E-state index in [4.69, 9.17) is 9.47 Å². The molecule has 13 heteroatoms. The van der Waals surface area contributed by atoms with E-state index in [1.807, 2.05) is 13.8 Å². The van der Waals surface area contributed by atoms with Gasteiger partial charge in [0.15, 0.2) is 0 Å². The minimum Gasteiger partial charge on any atom is -0.493 e. The zero-order valence-corrected chi connectivity index (χ0v) is 39.3. The second-order valence-electron chi connectivity index (χ2n) is 18.3. The van der Waals surface area contributed by atoms with Crippen molar-refractivity contribution < 1.29 is 44.3 Å². The van der Waals surface area contributed by atoms with Crippen LogP contribution in [0.15, 0.2) is 84.9 Å². The first kappa shape index (κ1) is 50.3. The Labute approximate surface area is 395 Å². The lowest BCUT2D eigenvalue weighted by Gasteiger charge is -2.33. The summed E-state index contributed by atoms with van der Waals surface area (Å²) in [5.41, 5.74) is 6.61. The number of amides is 2. The fourth-order valence-electron chi connectivity index (χ4n) is 9.43. The molecule has 2 unspecified atom stereocenters. The van der Waals surface area contributed by atoms with Crippen molar-refractivity contribution in [2.75, 3.05) is 49.2 Å². The molecule has 6 N–H and O–H groups in total. The van der Waals surface area contributed by atoms with Crippen molar-refractivity contribution in [3.05, 3.63) is 118 Å². The first-order chi connectivity index (χ1) is 32.1. The Bertz CT molecular complexity index is 2120. The second-order valence-corrected chi connectivity index (χ2v) is 18.3. The summed E-state index contributed by atoms with van der Waals surface area (Å²) in [6, 6.07) is 26.7. The van der Waals surface area contributed by atoms with Crippen LogP contribution in [0.25, 0.3) is 0 Å². The zero-order chi connectivity index (χ0) is 46.4. The van der Waals surface area contributed by atoms with Gasteiger partial charge in [-0.15, -0.1) is 0 Å². The quantitative estimate of drug-likeness (QED) is 0.0666. The Morgan fingerprint density at radius 1 is 0.567 bits per heavy atom. The number of aromatic carboxylic acids is 2. The molecule has 2 aliphatic heterocycles. The van der Waals surface area contributed by atoms with E-state index in [0.717, 1.165) is 50.1 Å². The maximum atomic E-state index is 13.1. The number of nitrogens with zero attached hydrogens (tertiary/aromatic N) is 2. The highest BCUT2D eigenvalue weighted by atomic mass is 16.5. The van der Waals surface area contributed by atoms with E-state index in [1.54, 1.807) is 24.3 Å². The van der Waals surface area contributed by atoms with Crippen LogP contribution in [0.1, 0.15) is 146 Å². The van der Waals surface area contributed by atoms with Crippen LogP contribution >= 0.6 is 0 Å². The number of benzene rings is 4. The standard InChI is InChI=1S/2C27H34N2O4.H2O/c2*1-2-33-25-17-20(12-13-22(25)27(31)32)18-26(30)28-23(16-19-10-11-19)21-8-4-5-9-24(21)29-14-6-3-7-15-29;/h2*4-5,8-9,12-13,17,19,23H,2-3,6-7,10-11,14-16,18H2,1H3,(H,28,30)(H,31,32);1H2. The number of carboxylic acid groups (broad SMARTS) is 2. The van der Waals surface area contributed by atoms with Gasteiger partial charge in [-0.1, -0.05) is 74.2 Å². The molecule has 2 saturated carbocycles. The lowest BCUT2D eigenvalue weighted by Crippen LogP contribution is -2.34. The predicted octanol–water partition coefficient (Wildman–Crippen LogP) is 9.12. The van der Waals surface area contributed by atoms with Gasteiger partial charge in [-0.25, -0.2) is 9.59 Å². The maximum Gasteiger partial charge on any atom is 0.339 e. The molecule has 2 heterocycles. The Morgan fingerprint density at radius 2 is 0.940 bits per heavy atom. The number of piperidine rings is 2. The number of nitrogens with one attached hydrogen (secondary N) is 2. The zero-order valence-electron chi connectivity index (χ0n) is 39.3. The summed E-state index contributed by atoms with van der Waals surface area (Å²) >= 11 is 0. The average Bonchev–Trinajstić information content (AvgIpc) is 4.28. The van der Waals surface area contributed by atoms with Gasteiger partial charge in [0.2, 0.25) is 11.8 Å². The van der Waals surface area contributed by atoms with Crippen molar-refractivity contribution in [3.8, 4) is 11.5 Å². The fourth-order valence-corrected chi connectivity index (χ4v) is 9.43. The smallest absolute Gasteiger partial charge is 0.339 e. The number of anilines is 2. The van der Waals surface area contributed by atoms with Gasteiger partial charge in [-0.05, 0) is 136 Å². The summed E-state index contributed by atoms with van der Waals surface area (Å²) in [4.78, 5) is 54.0. The van der Waals surface area contributed by atoms with Crippen molar-refractivity contribution in [2.24, 2.45) is 11.8 Å². The molecule has 0 bridgehead atoms. The van der Waals surface area contributed by atoms with Crippen molar-refractivity contribution in [2.45, 2.75) is 116 Å². The molecule has 2 aliphatic carbocycles. The molecule has 360 valence electrons. The average molecular weight is 919 g/mol. The number of carboxylic acids is 2. The highest BCUT2D eigenvalue weighted by Crippen LogP contribution is 2.42. The van der Waals surface area contributed by atoms with Gasteiger partial charge < -0.3 is 45.6 Å². The fraction of sp³-hybridized carbons (Fsp3) is 0.481. The van der Waals surface area contributed by atoms with Crippen LogP contribution in [-0.4, -0.2) is 78.8 Å². The first-order valence-corrected chi connectivity index (χ1v) is 24.3.